The van der Waals surface area contributed by atoms with Crippen molar-refractivity contribution in [3.05, 3.63) is 55.9 Å². The van der Waals surface area contributed by atoms with Crippen LogP contribution in [0.5, 0.6) is 0 Å². The molecule has 0 fully saturated rings. The summed E-state index contributed by atoms with van der Waals surface area (Å²) in [6.07, 6.45) is 3.34. The lowest BCUT2D eigenvalue weighted by Gasteiger charge is -1.86. The zero-order valence-corrected chi connectivity index (χ0v) is 13.2. The number of nitriles is 1. The predicted molar refractivity (Wildman–Crippen MR) is 76.3 cm³/mol. The highest BCUT2D eigenvalue weighted by Crippen LogP contribution is 2.10. The number of aromatic nitrogens is 2. The SMILES string of the molecule is Brc1ccc(Br)nc1.N#Cc1ccc(Br)cn1. The molecule has 2 aromatic rings. The number of nitrogens with zero attached hydrogens (tertiary/aromatic N) is 3. The summed E-state index contributed by atoms with van der Waals surface area (Å²) < 4.78 is 2.75. The first-order valence-electron chi connectivity index (χ1n) is 4.40. The lowest BCUT2D eigenvalue weighted by atomic mass is 10.4. The van der Waals surface area contributed by atoms with Crippen molar-refractivity contribution in [3.63, 3.8) is 0 Å². The fourth-order valence-corrected chi connectivity index (χ4v) is 1.50. The Morgan fingerprint density at radius 3 is 1.82 bits per heavy atom. The second-order valence-corrected chi connectivity index (χ2v) is 5.42. The zero-order valence-electron chi connectivity index (χ0n) is 8.44. The van der Waals surface area contributed by atoms with Crippen molar-refractivity contribution < 1.29 is 0 Å². The number of hydrogen-bond acceptors (Lipinski definition) is 3. The molecule has 17 heavy (non-hydrogen) atoms. The van der Waals surface area contributed by atoms with Crippen molar-refractivity contribution in [2.75, 3.05) is 0 Å². The van der Waals surface area contributed by atoms with Crippen molar-refractivity contribution in [1.82, 2.24) is 9.97 Å². The van der Waals surface area contributed by atoms with Gasteiger partial charge in [-0.1, -0.05) is 0 Å². The molecule has 6 heteroatoms. The molecular formula is C11H6Br3N3. The summed E-state index contributed by atoms with van der Waals surface area (Å²) >= 11 is 9.68. The van der Waals surface area contributed by atoms with E-state index in [1.807, 2.05) is 18.2 Å². The van der Waals surface area contributed by atoms with Gasteiger partial charge in [0, 0.05) is 21.3 Å². The molecule has 3 nitrogen and oxygen atoms in total. The lowest BCUT2D eigenvalue weighted by Crippen LogP contribution is -1.77. The van der Waals surface area contributed by atoms with Crippen molar-refractivity contribution in [2.45, 2.75) is 0 Å². The maximum atomic E-state index is 8.30. The Morgan fingerprint density at radius 2 is 1.47 bits per heavy atom. The van der Waals surface area contributed by atoms with E-state index in [0.717, 1.165) is 13.5 Å². The first-order valence-corrected chi connectivity index (χ1v) is 6.78. The van der Waals surface area contributed by atoms with Crippen molar-refractivity contribution in [3.8, 4) is 6.07 Å². The fraction of sp³-hybridized carbons (Fsp3) is 0. The molecule has 0 atom stereocenters. The minimum Gasteiger partial charge on any atom is -0.248 e. The first-order chi connectivity index (χ1) is 8.11. The summed E-state index contributed by atoms with van der Waals surface area (Å²) in [6, 6.07) is 9.17. The van der Waals surface area contributed by atoms with E-state index >= 15 is 0 Å². The van der Waals surface area contributed by atoms with Crippen LogP contribution in [0.2, 0.25) is 0 Å². The van der Waals surface area contributed by atoms with E-state index in [1.54, 1.807) is 24.5 Å². The minimum atomic E-state index is 0.443. The Labute approximate surface area is 124 Å². The minimum absolute atomic E-state index is 0.443. The third-order valence-electron chi connectivity index (χ3n) is 1.53. The molecule has 0 saturated carbocycles. The Morgan fingerprint density at radius 1 is 0.882 bits per heavy atom. The van der Waals surface area contributed by atoms with Crippen LogP contribution in [-0.2, 0) is 0 Å². The highest BCUT2D eigenvalue weighted by molar-refractivity contribution is 9.11. The molecule has 0 spiro atoms. The summed E-state index contributed by atoms with van der Waals surface area (Å²) in [6.45, 7) is 0. The van der Waals surface area contributed by atoms with Gasteiger partial charge >= 0.3 is 0 Å². The predicted octanol–water partition coefficient (Wildman–Crippen LogP) is 4.32. The Hall–Kier alpha value is -0.770. The highest BCUT2D eigenvalue weighted by atomic mass is 79.9. The van der Waals surface area contributed by atoms with Gasteiger partial charge < -0.3 is 0 Å². The molecule has 2 aromatic heterocycles. The summed E-state index contributed by atoms with van der Waals surface area (Å²) in [4.78, 5) is 7.74. The Kier molecular flexibility index (Phi) is 6.34. The van der Waals surface area contributed by atoms with Crippen LogP contribution in [0.25, 0.3) is 0 Å². The largest absolute Gasteiger partial charge is 0.248 e. The molecule has 0 aliphatic heterocycles. The number of hydrogen-bond donors (Lipinski definition) is 0. The zero-order chi connectivity index (χ0) is 12.7. The molecule has 0 N–H and O–H groups in total. The Balaban J connectivity index is 0.000000171. The second-order valence-electron chi connectivity index (χ2n) is 2.77. The summed E-state index contributed by atoms with van der Waals surface area (Å²) in [7, 11) is 0. The van der Waals surface area contributed by atoms with Crippen LogP contribution in [-0.4, -0.2) is 9.97 Å². The van der Waals surface area contributed by atoms with Gasteiger partial charge in [-0.25, -0.2) is 9.97 Å². The molecule has 0 aliphatic carbocycles. The van der Waals surface area contributed by atoms with Gasteiger partial charge in [-0.05, 0) is 72.1 Å². The first kappa shape index (κ1) is 14.3. The van der Waals surface area contributed by atoms with Gasteiger partial charge in [0.05, 0.1) is 0 Å². The van der Waals surface area contributed by atoms with Crippen LogP contribution in [0.4, 0.5) is 0 Å². The van der Waals surface area contributed by atoms with Crippen LogP contribution < -0.4 is 0 Å². The molecular weight excluding hydrogens is 414 g/mol. The van der Waals surface area contributed by atoms with E-state index in [4.69, 9.17) is 5.26 Å². The third-order valence-corrected chi connectivity index (χ3v) is 2.94. The second kappa shape index (κ2) is 7.54. The van der Waals surface area contributed by atoms with Gasteiger partial charge in [0.15, 0.2) is 0 Å². The molecule has 2 heterocycles. The molecule has 2 rings (SSSR count). The highest BCUT2D eigenvalue weighted by Gasteiger charge is 1.87. The van der Waals surface area contributed by atoms with E-state index in [0.29, 0.717) is 5.69 Å². The third kappa shape index (κ3) is 5.91. The van der Waals surface area contributed by atoms with Gasteiger partial charge in [0.25, 0.3) is 0 Å². The molecule has 0 radical (unpaired) electrons. The van der Waals surface area contributed by atoms with Crippen LogP contribution in [0.15, 0.2) is 50.2 Å². The average molecular weight is 420 g/mol. The van der Waals surface area contributed by atoms with Gasteiger partial charge in [0.1, 0.15) is 16.4 Å². The van der Waals surface area contributed by atoms with Crippen LogP contribution in [0.1, 0.15) is 5.69 Å². The van der Waals surface area contributed by atoms with E-state index in [-0.39, 0.29) is 0 Å². The maximum Gasteiger partial charge on any atom is 0.140 e. The quantitative estimate of drug-likeness (QED) is 0.597. The van der Waals surface area contributed by atoms with Crippen LogP contribution in [0, 0.1) is 11.3 Å². The summed E-state index contributed by atoms with van der Waals surface area (Å²) in [5.41, 5.74) is 0.443. The van der Waals surface area contributed by atoms with Gasteiger partial charge in [-0.2, -0.15) is 5.26 Å². The standard InChI is InChI=1S/C6H3BrN2.C5H3Br2N/c7-5-1-2-6(3-8)9-4-5;6-4-1-2-5(7)8-3-4/h1-2,4H;1-3H. The number of pyridine rings is 2. The maximum absolute atomic E-state index is 8.30. The number of rotatable bonds is 0. The van der Waals surface area contributed by atoms with E-state index in [9.17, 15) is 0 Å². The van der Waals surface area contributed by atoms with Gasteiger partial charge in [0.2, 0.25) is 0 Å². The summed E-state index contributed by atoms with van der Waals surface area (Å²) in [5, 5.41) is 8.30. The fourth-order valence-electron chi connectivity index (χ4n) is 0.800. The van der Waals surface area contributed by atoms with E-state index in [1.165, 1.54) is 0 Å². The van der Waals surface area contributed by atoms with E-state index in [2.05, 4.69) is 57.8 Å². The van der Waals surface area contributed by atoms with Gasteiger partial charge in [-0.3, -0.25) is 0 Å². The molecule has 0 amide bonds. The van der Waals surface area contributed by atoms with Crippen molar-refractivity contribution in [1.29, 1.82) is 5.26 Å². The number of halogens is 3. The molecule has 0 bridgehead atoms. The lowest BCUT2D eigenvalue weighted by molar-refractivity contribution is 1.25. The molecule has 0 saturated heterocycles. The molecule has 0 aliphatic rings. The topological polar surface area (TPSA) is 49.6 Å². The van der Waals surface area contributed by atoms with Crippen molar-refractivity contribution in [2.24, 2.45) is 0 Å². The van der Waals surface area contributed by atoms with Gasteiger partial charge in [-0.15, -0.1) is 0 Å². The monoisotopic (exact) mass is 417 g/mol. The molecule has 86 valence electrons. The van der Waals surface area contributed by atoms with Crippen LogP contribution in [0.3, 0.4) is 0 Å². The smallest absolute Gasteiger partial charge is 0.140 e. The van der Waals surface area contributed by atoms with Crippen molar-refractivity contribution >= 4 is 47.8 Å². The molecule has 0 unspecified atom stereocenters. The average Bonchev–Trinajstić information content (AvgIpc) is 2.35. The summed E-state index contributed by atoms with van der Waals surface area (Å²) in [5.74, 6) is 0. The van der Waals surface area contributed by atoms with E-state index < -0.39 is 0 Å². The van der Waals surface area contributed by atoms with Crippen LogP contribution >= 0.6 is 47.8 Å². The normalized spacial score (nSPS) is 8.82. The Bertz CT molecular complexity index is 482. The molecule has 0 aromatic carbocycles.